The number of pyridine rings is 2. The number of nitrogens with one attached hydrogen (secondary N) is 2. The zero-order valence-electron chi connectivity index (χ0n) is 20.4. The fourth-order valence-electron chi connectivity index (χ4n) is 2.87. The number of nitrogens with two attached hydrogens (primary N) is 2. The summed E-state index contributed by atoms with van der Waals surface area (Å²) in [6, 6.07) is 6.81. The predicted octanol–water partition coefficient (Wildman–Crippen LogP) is 2.81. The zero-order valence-corrected chi connectivity index (χ0v) is 21.2. The SMILES string of the molecule is CCCOc1c(C(=O)N/N=C\c2cccnc2N)sc(C(=O)N/N=C\c2cccnc2N)c1OCCC. The van der Waals surface area contributed by atoms with Gasteiger partial charge in [-0.15, -0.1) is 11.3 Å². The molecule has 12 nitrogen and oxygen atoms in total. The number of ether oxygens (including phenoxy) is 2. The van der Waals surface area contributed by atoms with Crippen molar-refractivity contribution in [3.8, 4) is 11.5 Å². The lowest BCUT2D eigenvalue weighted by molar-refractivity contribution is 0.0945. The maximum absolute atomic E-state index is 13.0. The van der Waals surface area contributed by atoms with E-state index in [1.807, 2.05) is 13.8 Å². The Hall–Kier alpha value is -4.52. The Labute approximate surface area is 217 Å². The average molecular weight is 525 g/mol. The molecule has 0 atom stereocenters. The molecule has 194 valence electrons. The van der Waals surface area contributed by atoms with Crippen LogP contribution in [0.2, 0.25) is 0 Å². The minimum Gasteiger partial charge on any atom is -0.488 e. The highest BCUT2D eigenvalue weighted by atomic mass is 32.1. The highest BCUT2D eigenvalue weighted by molar-refractivity contribution is 7.16. The van der Waals surface area contributed by atoms with E-state index >= 15 is 0 Å². The number of hydrazone groups is 2. The molecule has 6 N–H and O–H groups in total. The second-order valence-corrected chi connectivity index (χ2v) is 8.49. The summed E-state index contributed by atoms with van der Waals surface area (Å²) in [5.41, 5.74) is 17.6. The Morgan fingerprint density at radius 2 is 1.30 bits per heavy atom. The summed E-state index contributed by atoms with van der Waals surface area (Å²) in [4.78, 5) is 34.2. The van der Waals surface area contributed by atoms with Gasteiger partial charge in [0, 0.05) is 23.5 Å². The number of anilines is 2. The third-order valence-corrected chi connectivity index (χ3v) is 5.77. The number of amides is 2. The van der Waals surface area contributed by atoms with Crippen molar-refractivity contribution in [2.75, 3.05) is 24.7 Å². The van der Waals surface area contributed by atoms with Gasteiger partial charge in [0.2, 0.25) is 0 Å². The van der Waals surface area contributed by atoms with E-state index in [1.165, 1.54) is 12.4 Å². The van der Waals surface area contributed by atoms with Crippen molar-refractivity contribution < 1.29 is 19.1 Å². The first-order valence-corrected chi connectivity index (χ1v) is 12.3. The quantitative estimate of drug-likeness (QED) is 0.206. The maximum atomic E-state index is 13.0. The van der Waals surface area contributed by atoms with Gasteiger partial charge in [0.05, 0.1) is 25.6 Å². The number of carbonyl (C=O) groups excluding carboxylic acids is 2. The van der Waals surface area contributed by atoms with Crippen molar-refractivity contribution in [1.82, 2.24) is 20.8 Å². The number of nitrogens with zero attached hydrogens (tertiary/aromatic N) is 4. The van der Waals surface area contributed by atoms with Crippen molar-refractivity contribution in [3.63, 3.8) is 0 Å². The van der Waals surface area contributed by atoms with Gasteiger partial charge in [0.25, 0.3) is 11.8 Å². The van der Waals surface area contributed by atoms with Crippen molar-refractivity contribution >= 4 is 47.2 Å². The second kappa shape index (κ2) is 13.5. The number of thiophene rings is 1. The van der Waals surface area contributed by atoms with E-state index in [2.05, 4.69) is 31.0 Å². The Morgan fingerprint density at radius 1 is 0.865 bits per heavy atom. The lowest BCUT2D eigenvalue weighted by Crippen LogP contribution is -2.18. The Kier molecular flexibility index (Phi) is 9.91. The van der Waals surface area contributed by atoms with Crippen LogP contribution in [0.25, 0.3) is 0 Å². The molecule has 0 unspecified atom stereocenters. The van der Waals surface area contributed by atoms with Crippen LogP contribution in [-0.4, -0.2) is 47.4 Å². The summed E-state index contributed by atoms with van der Waals surface area (Å²) >= 11 is 0.906. The van der Waals surface area contributed by atoms with E-state index in [0.29, 0.717) is 37.2 Å². The number of rotatable bonds is 12. The van der Waals surface area contributed by atoms with Crippen LogP contribution in [0.3, 0.4) is 0 Å². The van der Waals surface area contributed by atoms with Gasteiger partial charge in [-0.25, -0.2) is 20.8 Å². The van der Waals surface area contributed by atoms with Crippen molar-refractivity contribution in [2.24, 2.45) is 10.2 Å². The third kappa shape index (κ3) is 7.24. The third-order valence-electron chi connectivity index (χ3n) is 4.62. The molecule has 3 rings (SSSR count). The maximum Gasteiger partial charge on any atom is 0.285 e. The molecule has 0 aromatic carbocycles. The average Bonchev–Trinajstić information content (AvgIpc) is 3.26. The van der Waals surface area contributed by atoms with Crippen molar-refractivity contribution in [2.45, 2.75) is 26.7 Å². The first-order chi connectivity index (χ1) is 18.0. The lowest BCUT2D eigenvalue weighted by Gasteiger charge is -2.10. The van der Waals surface area contributed by atoms with Gasteiger partial charge in [0.1, 0.15) is 21.4 Å². The van der Waals surface area contributed by atoms with Gasteiger partial charge < -0.3 is 20.9 Å². The standard InChI is InChI=1S/C24H28N8O4S/c1-3-11-35-17-18(36-12-4-2)20(24(34)32-30-14-16-8-6-10-28-22(16)26)37-19(17)23(33)31-29-13-15-7-5-9-27-21(15)25/h5-10,13-14H,3-4,11-12H2,1-2H3,(H2,25,27)(H2,26,28)(H,31,33)(H,32,34)/b29-13-,30-14-. The minimum absolute atomic E-state index is 0.126. The topological polar surface area (TPSA) is 179 Å². The van der Waals surface area contributed by atoms with Crippen molar-refractivity contribution in [1.29, 1.82) is 0 Å². The van der Waals surface area contributed by atoms with E-state index in [9.17, 15) is 9.59 Å². The Balaban J connectivity index is 1.87. The number of hydrogen-bond acceptors (Lipinski definition) is 11. The summed E-state index contributed by atoms with van der Waals surface area (Å²) in [6.45, 7) is 4.48. The fourth-order valence-corrected chi connectivity index (χ4v) is 3.84. The first kappa shape index (κ1) is 27.1. The molecule has 0 aliphatic heterocycles. The molecule has 0 radical (unpaired) electrons. The van der Waals surface area contributed by atoms with E-state index < -0.39 is 11.8 Å². The normalized spacial score (nSPS) is 11.1. The molecular formula is C24H28N8O4S. The Morgan fingerprint density at radius 3 is 1.68 bits per heavy atom. The van der Waals surface area contributed by atoms with Crippen LogP contribution in [-0.2, 0) is 0 Å². The lowest BCUT2D eigenvalue weighted by atomic mass is 10.3. The molecule has 0 saturated carbocycles. The van der Waals surface area contributed by atoms with E-state index in [-0.39, 0.29) is 32.9 Å². The van der Waals surface area contributed by atoms with E-state index in [4.69, 9.17) is 20.9 Å². The molecule has 0 spiro atoms. The van der Waals surface area contributed by atoms with Gasteiger partial charge in [0.15, 0.2) is 11.5 Å². The highest BCUT2D eigenvalue weighted by Gasteiger charge is 2.29. The second-order valence-electron chi connectivity index (χ2n) is 7.47. The van der Waals surface area contributed by atoms with Crippen molar-refractivity contribution in [3.05, 3.63) is 57.5 Å². The van der Waals surface area contributed by atoms with Gasteiger partial charge in [-0.3, -0.25) is 9.59 Å². The van der Waals surface area contributed by atoms with Crippen LogP contribution in [0, 0.1) is 0 Å². The summed E-state index contributed by atoms with van der Waals surface area (Å²) in [6.07, 6.45) is 7.22. The minimum atomic E-state index is -0.582. The molecule has 37 heavy (non-hydrogen) atoms. The predicted molar refractivity (Wildman–Crippen MR) is 143 cm³/mol. The van der Waals surface area contributed by atoms with E-state index in [0.717, 1.165) is 11.3 Å². The summed E-state index contributed by atoms with van der Waals surface area (Å²) in [7, 11) is 0. The Bertz CT molecular complexity index is 1200. The molecule has 0 bridgehead atoms. The van der Waals surface area contributed by atoms with Gasteiger partial charge >= 0.3 is 0 Å². The molecule has 3 heterocycles. The monoisotopic (exact) mass is 524 g/mol. The number of nitrogen functional groups attached to an aromatic ring is 2. The van der Waals surface area contributed by atoms with E-state index in [1.54, 1.807) is 36.7 Å². The van der Waals surface area contributed by atoms with Crippen LogP contribution in [0.5, 0.6) is 11.5 Å². The first-order valence-electron chi connectivity index (χ1n) is 11.5. The zero-order chi connectivity index (χ0) is 26.6. The molecule has 0 aliphatic carbocycles. The highest BCUT2D eigenvalue weighted by Crippen LogP contribution is 2.42. The molecule has 0 saturated heterocycles. The molecule has 0 fully saturated rings. The fraction of sp³-hybridized carbons (Fsp3) is 0.250. The van der Waals surface area contributed by atoms with Crippen LogP contribution >= 0.6 is 11.3 Å². The largest absolute Gasteiger partial charge is 0.488 e. The summed E-state index contributed by atoms with van der Waals surface area (Å²) < 4.78 is 11.7. The molecule has 3 aromatic rings. The molecular weight excluding hydrogens is 496 g/mol. The van der Waals surface area contributed by atoms with Crippen LogP contribution in [0.15, 0.2) is 46.9 Å². The van der Waals surface area contributed by atoms with Crippen LogP contribution in [0.4, 0.5) is 11.6 Å². The molecule has 0 aliphatic rings. The van der Waals surface area contributed by atoms with Crippen LogP contribution < -0.4 is 31.8 Å². The van der Waals surface area contributed by atoms with Gasteiger partial charge in [-0.1, -0.05) is 13.8 Å². The molecule has 13 heteroatoms. The number of aromatic nitrogens is 2. The summed E-state index contributed by atoms with van der Waals surface area (Å²) in [5, 5.41) is 7.92. The van der Waals surface area contributed by atoms with Gasteiger partial charge in [-0.05, 0) is 37.1 Å². The number of hydrogen-bond donors (Lipinski definition) is 4. The molecule has 3 aromatic heterocycles. The van der Waals surface area contributed by atoms with Gasteiger partial charge in [-0.2, -0.15) is 10.2 Å². The number of carbonyl (C=O) groups is 2. The smallest absolute Gasteiger partial charge is 0.285 e. The summed E-state index contributed by atoms with van der Waals surface area (Å²) in [5.74, 6) is -0.291. The molecule has 2 amide bonds. The van der Waals surface area contributed by atoms with Crippen LogP contribution in [0.1, 0.15) is 57.2 Å².